The van der Waals surface area contributed by atoms with Crippen LogP contribution in [0.15, 0.2) is 22.7 Å². The van der Waals surface area contributed by atoms with E-state index in [4.69, 9.17) is 5.73 Å². The summed E-state index contributed by atoms with van der Waals surface area (Å²) in [6.07, 6.45) is 2.15. The standard InChI is InChI=1S/C15H21BrFN3O/c1-10-2-3-11(7-18)8-20(10)9-15(21)19-14-5-4-12(16)6-13(14)17/h4-6,10-11H,2-3,7-9,18H2,1H3,(H,19,21). The van der Waals surface area contributed by atoms with Crippen LogP contribution in [0.1, 0.15) is 19.8 Å². The predicted molar refractivity (Wildman–Crippen MR) is 85.5 cm³/mol. The normalized spacial score (nSPS) is 23.0. The number of hydrogen-bond acceptors (Lipinski definition) is 3. The monoisotopic (exact) mass is 357 g/mol. The van der Waals surface area contributed by atoms with Gasteiger partial charge in [-0.05, 0) is 50.4 Å². The first-order chi connectivity index (χ1) is 9.99. The fourth-order valence-electron chi connectivity index (χ4n) is 2.64. The van der Waals surface area contributed by atoms with E-state index in [9.17, 15) is 9.18 Å². The lowest BCUT2D eigenvalue weighted by molar-refractivity contribution is -0.118. The molecular weight excluding hydrogens is 337 g/mol. The smallest absolute Gasteiger partial charge is 0.238 e. The number of likely N-dealkylation sites (tertiary alicyclic amines) is 1. The predicted octanol–water partition coefficient (Wildman–Crippen LogP) is 2.59. The lowest BCUT2D eigenvalue weighted by Gasteiger charge is -2.37. The Bertz CT molecular complexity index is 512. The molecule has 1 aromatic rings. The van der Waals surface area contributed by atoms with Crippen LogP contribution in [-0.2, 0) is 4.79 Å². The highest BCUT2D eigenvalue weighted by Gasteiger charge is 2.26. The minimum Gasteiger partial charge on any atom is -0.330 e. The molecule has 0 aliphatic carbocycles. The van der Waals surface area contributed by atoms with Crippen molar-refractivity contribution in [1.29, 1.82) is 0 Å². The van der Waals surface area contributed by atoms with Gasteiger partial charge >= 0.3 is 0 Å². The van der Waals surface area contributed by atoms with Crippen molar-refractivity contribution in [2.45, 2.75) is 25.8 Å². The van der Waals surface area contributed by atoms with Gasteiger partial charge in [-0.2, -0.15) is 0 Å². The van der Waals surface area contributed by atoms with Gasteiger partial charge in [0.2, 0.25) is 5.91 Å². The molecule has 0 bridgehead atoms. The Labute approximate surface area is 133 Å². The number of benzene rings is 1. The van der Waals surface area contributed by atoms with Gasteiger partial charge in [-0.25, -0.2) is 4.39 Å². The van der Waals surface area contributed by atoms with Crippen LogP contribution in [0.25, 0.3) is 0 Å². The lowest BCUT2D eigenvalue weighted by Crippen LogP contribution is -2.47. The molecule has 2 atom stereocenters. The molecule has 1 saturated heterocycles. The number of carbonyl (C=O) groups is 1. The maximum atomic E-state index is 13.7. The van der Waals surface area contributed by atoms with Crippen molar-refractivity contribution in [2.24, 2.45) is 11.7 Å². The highest BCUT2D eigenvalue weighted by Crippen LogP contribution is 2.22. The van der Waals surface area contributed by atoms with Crippen molar-refractivity contribution in [2.75, 3.05) is 25.0 Å². The summed E-state index contributed by atoms with van der Waals surface area (Å²) in [6.45, 7) is 3.85. The second-order valence-electron chi connectivity index (χ2n) is 5.63. The zero-order valence-corrected chi connectivity index (χ0v) is 13.7. The summed E-state index contributed by atoms with van der Waals surface area (Å²) in [6, 6.07) is 4.95. The largest absolute Gasteiger partial charge is 0.330 e. The molecule has 1 heterocycles. The molecule has 2 unspecified atom stereocenters. The molecule has 0 saturated carbocycles. The number of nitrogens with zero attached hydrogens (tertiary/aromatic N) is 1. The Hall–Kier alpha value is -0.980. The Balaban J connectivity index is 1.94. The number of nitrogens with two attached hydrogens (primary N) is 1. The summed E-state index contributed by atoms with van der Waals surface area (Å²) < 4.78 is 14.4. The van der Waals surface area contributed by atoms with Gasteiger partial charge in [0, 0.05) is 17.1 Å². The number of anilines is 1. The van der Waals surface area contributed by atoms with Crippen molar-refractivity contribution in [3.63, 3.8) is 0 Å². The average molecular weight is 358 g/mol. The molecule has 1 aliphatic heterocycles. The van der Waals surface area contributed by atoms with Gasteiger partial charge in [-0.3, -0.25) is 9.69 Å². The Morgan fingerprint density at radius 2 is 2.29 bits per heavy atom. The van der Waals surface area contributed by atoms with Crippen LogP contribution < -0.4 is 11.1 Å². The van der Waals surface area contributed by atoms with E-state index in [-0.39, 0.29) is 18.1 Å². The van der Waals surface area contributed by atoms with Crippen LogP contribution in [0.2, 0.25) is 0 Å². The number of carbonyl (C=O) groups excluding carboxylic acids is 1. The fourth-order valence-corrected chi connectivity index (χ4v) is 2.97. The molecule has 3 N–H and O–H groups in total. The fraction of sp³-hybridized carbons (Fsp3) is 0.533. The second kappa shape index (κ2) is 7.33. The summed E-state index contributed by atoms with van der Waals surface area (Å²) in [7, 11) is 0. The van der Waals surface area contributed by atoms with E-state index < -0.39 is 5.82 Å². The van der Waals surface area contributed by atoms with Gasteiger partial charge in [-0.15, -0.1) is 0 Å². The maximum Gasteiger partial charge on any atom is 0.238 e. The highest BCUT2D eigenvalue weighted by atomic mass is 79.9. The van der Waals surface area contributed by atoms with Gasteiger partial charge in [0.1, 0.15) is 5.82 Å². The Kier molecular flexibility index (Phi) is 5.72. The molecule has 6 heteroatoms. The van der Waals surface area contributed by atoms with Crippen molar-refractivity contribution in [1.82, 2.24) is 4.90 Å². The van der Waals surface area contributed by atoms with E-state index in [2.05, 4.69) is 33.1 Å². The van der Waals surface area contributed by atoms with Gasteiger partial charge in [0.05, 0.1) is 12.2 Å². The van der Waals surface area contributed by atoms with E-state index in [0.29, 0.717) is 23.0 Å². The second-order valence-corrected chi connectivity index (χ2v) is 6.55. The number of rotatable bonds is 4. The molecule has 2 rings (SSSR count). The summed E-state index contributed by atoms with van der Waals surface area (Å²) in [5, 5.41) is 2.63. The average Bonchev–Trinajstić information content (AvgIpc) is 2.44. The molecule has 1 aliphatic rings. The maximum absolute atomic E-state index is 13.7. The number of piperidine rings is 1. The topological polar surface area (TPSA) is 58.4 Å². The lowest BCUT2D eigenvalue weighted by atomic mass is 9.93. The van der Waals surface area contributed by atoms with Gasteiger partial charge in [0.15, 0.2) is 0 Å². The third kappa shape index (κ3) is 4.49. The summed E-state index contributed by atoms with van der Waals surface area (Å²) in [5.41, 5.74) is 5.93. The molecule has 1 fully saturated rings. The number of nitrogens with one attached hydrogen (secondary N) is 1. The number of halogens is 2. The van der Waals surface area contributed by atoms with Crippen LogP contribution in [0.3, 0.4) is 0 Å². The molecule has 21 heavy (non-hydrogen) atoms. The van der Waals surface area contributed by atoms with Crippen molar-refractivity contribution in [3.05, 3.63) is 28.5 Å². The molecule has 0 radical (unpaired) electrons. The molecule has 1 aromatic carbocycles. The minimum atomic E-state index is -0.441. The molecule has 1 amide bonds. The molecule has 0 aromatic heterocycles. The first-order valence-corrected chi connectivity index (χ1v) is 7.98. The van der Waals surface area contributed by atoms with Crippen molar-refractivity contribution in [3.8, 4) is 0 Å². The van der Waals surface area contributed by atoms with E-state index in [0.717, 1.165) is 19.4 Å². The van der Waals surface area contributed by atoms with Gasteiger partial charge < -0.3 is 11.1 Å². The van der Waals surface area contributed by atoms with Crippen LogP contribution in [-0.4, -0.2) is 36.5 Å². The quantitative estimate of drug-likeness (QED) is 0.870. The Morgan fingerprint density at radius 1 is 1.52 bits per heavy atom. The van der Waals surface area contributed by atoms with Crippen molar-refractivity contribution < 1.29 is 9.18 Å². The molecular formula is C15H21BrFN3O. The van der Waals surface area contributed by atoms with Crippen molar-refractivity contribution >= 4 is 27.5 Å². The third-order valence-corrected chi connectivity index (χ3v) is 4.49. The first kappa shape index (κ1) is 16.4. The van der Waals surface area contributed by atoms with E-state index >= 15 is 0 Å². The molecule has 116 valence electrons. The summed E-state index contributed by atoms with van der Waals surface area (Å²) in [5.74, 6) is -0.191. The van der Waals surface area contributed by atoms with Crippen LogP contribution >= 0.6 is 15.9 Å². The zero-order valence-electron chi connectivity index (χ0n) is 12.1. The van der Waals surface area contributed by atoms with Crippen LogP contribution in [0, 0.1) is 11.7 Å². The van der Waals surface area contributed by atoms with Crippen LogP contribution in [0.5, 0.6) is 0 Å². The van der Waals surface area contributed by atoms with Gasteiger partial charge in [0.25, 0.3) is 0 Å². The SMILES string of the molecule is CC1CCC(CN)CN1CC(=O)Nc1ccc(Br)cc1F. The highest BCUT2D eigenvalue weighted by molar-refractivity contribution is 9.10. The zero-order chi connectivity index (χ0) is 15.4. The van der Waals surface area contributed by atoms with Crippen LogP contribution in [0.4, 0.5) is 10.1 Å². The van der Waals surface area contributed by atoms with E-state index in [1.807, 2.05) is 0 Å². The Morgan fingerprint density at radius 3 is 2.95 bits per heavy atom. The van der Waals surface area contributed by atoms with Gasteiger partial charge in [-0.1, -0.05) is 15.9 Å². The summed E-state index contributed by atoms with van der Waals surface area (Å²) in [4.78, 5) is 14.2. The number of hydrogen-bond donors (Lipinski definition) is 2. The molecule has 0 spiro atoms. The first-order valence-electron chi connectivity index (χ1n) is 7.18. The summed E-state index contributed by atoms with van der Waals surface area (Å²) >= 11 is 3.19. The molecule has 4 nitrogen and oxygen atoms in total. The minimum absolute atomic E-state index is 0.194. The van der Waals surface area contributed by atoms with E-state index in [1.54, 1.807) is 12.1 Å². The third-order valence-electron chi connectivity index (χ3n) is 3.99. The van der Waals surface area contributed by atoms with E-state index in [1.165, 1.54) is 6.07 Å². The number of amides is 1.